The summed E-state index contributed by atoms with van der Waals surface area (Å²) in [5, 5.41) is 9.65. The van der Waals surface area contributed by atoms with Crippen molar-refractivity contribution in [2.45, 2.75) is 12.0 Å². The number of aliphatic carboxylic acids is 1. The molecule has 0 aromatic heterocycles. The Morgan fingerprint density at radius 3 is 2.55 bits per heavy atom. The van der Waals surface area contributed by atoms with Crippen molar-refractivity contribution in [3.05, 3.63) is 53.8 Å². The number of benzene rings is 1. The van der Waals surface area contributed by atoms with Crippen LogP contribution in [0.25, 0.3) is 0 Å². The normalized spacial score (nSPS) is 23.8. The number of rotatable bonds is 6. The van der Waals surface area contributed by atoms with Crippen molar-refractivity contribution in [3.63, 3.8) is 0 Å². The second-order valence-corrected chi connectivity index (χ2v) is 5.05. The molecule has 0 amide bonds. The fraction of sp³-hybridized carbons (Fsp3) is 0.353. The fourth-order valence-electron chi connectivity index (χ4n) is 2.82. The lowest BCUT2D eigenvalue weighted by molar-refractivity contribution is -0.151. The zero-order chi connectivity index (χ0) is 16.2. The molecule has 2 rings (SSSR count). The number of carboxylic acid groups (broad SMARTS) is 1. The Balaban J connectivity index is 2.45. The maximum absolute atomic E-state index is 11.8. The third-order valence-electron chi connectivity index (χ3n) is 3.93. The van der Waals surface area contributed by atoms with Gasteiger partial charge in [0, 0.05) is 13.5 Å². The van der Waals surface area contributed by atoms with E-state index >= 15 is 0 Å². The first-order valence-corrected chi connectivity index (χ1v) is 6.91. The van der Waals surface area contributed by atoms with Gasteiger partial charge in [-0.1, -0.05) is 30.4 Å². The van der Waals surface area contributed by atoms with Gasteiger partial charge in [0.2, 0.25) is 0 Å². The number of hydrogen-bond donors (Lipinski definition) is 1. The second-order valence-electron chi connectivity index (χ2n) is 5.05. The van der Waals surface area contributed by atoms with E-state index in [-0.39, 0.29) is 0 Å². The Bertz CT molecular complexity index is 605. The Kier molecular flexibility index (Phi) is 4.88. The first-order valence-electron chi connectivity index (χ1n) is 6.91. The summed E-state index contributed by atoms with van der Waals surface area (Å²) in [6, 6.07) is 7.50. The minimum absolute atomic E-state index is 0.363. The predicted octanol–water partition coefficient (Wildman–Crippen LogP) is 2.42. The van der Waals surface area contributed by atoms with Crippen LogP contribution in [0.1, 0.15) is 5.56 Å². The van der Waals surface area contributed by atoms with Gasteiger partial charge in [0.05, 0.1) is 14.2 Å². The molecule has 1 aromatic carbocycles. The van der Waals surface area contributed by atoms with Gasteiger partial charge in [0.1, 0.15) is 23.0 Å². The lowest BCUT2D eigenvalue weighted by Crippen LogP contribution is -2.47. The van der Waals surface area contributed by atoms with E-state index in [4.69, 9.17) is 14.2 Å². The van der Waals surface area contributed by atoms with Gasteiger partial charge in [-0.3, -0.25) is 4.79 Å². The Labute approximate surface area is 129 Å². The standard InChI is InChI=1S/C17H20O5/c1-20-13-8-5-4-7-12(13)11-17(22-3)10-6-9-14(21-2)15(17)16(18)19/h4-10,15H,11H2,1-3H3,(H,18,19). The molecule has 0 aliphatic heterocycles. The van der Waals surface area contributed by atoms with Crippen molar-refractivity contribution < 1.29 is 24.1 Å². The van der Waals surface area contributed by atoms with Crippen molar-refractivity contribution in [1.29, 1.82) is 0 Å². The average Bonchev–Trinajstić information content (AvgIpc) is 2.54. The summed E-state index contributed by atoms with van der Waals surface area (Å²) in [5.74, 6) is -0.844. The maximum Gasteiger partial charge on any atom is 0.317 e. The quantitative estimate of drug-likeness (QED) is 0.874. The zero-order valence-corrected chi connectivity index (χ0v) is 12.9. The van der Waals surface area contributed by atoms with E-state index in [9.17, 15) is 9.90 Å². The highest BCUT2D eigenvalue weighted by molar-refractivity contribution is 5.76. The van der Waals surface area contributed by atoms with Crippen LogP contribution in [0, 0.1) is 5.92 Å². The fourth-order valence-corrected chi connectivity index (χ4v) is 2.82. The van der Waals surface area contributed by atoms with Crippen LogP contribution in [0.15, 0.2) is 48.3 Å². The molecule has 22 heavy (non-hydrogen) atoms. The third-order valence-corrected chi connectivity index (χ3v) is 3.93. The molecule has 0 spiro atoms. The zero-order valence-electron chi connectivity index (χ0n) is 12.9. The van der Waals surface area contributed by atoms with E-state index in [0.717, 1.165) is 5.56 Å². The molecule has 0 heterocycles. The summed E-state index contributed by atoms with van der Waals surface area (Å²) in [7, 11) is 4.56. The van der Waals surface area contributed by atoms with Crippen molar-refractivity contribution >= 4 is 5.97 Å². The molecule has 0 saturated carbocycles. The van der Waals surface area contributed by atoms with E-state index in [1.807, 2.05) is 24.3 Å². The molecule has 2 atom stereocenters. The van der Waals surface area contributed by atoms with Gasteiger partial charge < -0.3 is 19.3 Å². The molecule has 0 saturated heterocycles. The van der Waals surface area contributed by atoms with Gasteiger partial charge in [-0.05, 0) is 17.7 Å². The number of methoxy groups -OCH3 is 3. The molecule has 1 aliphatic rings. The van der Waals surface area contributed by atoms with Crippen molar-refractivity contribution in [2.75, 3.05) is 21.3 Å². The maximum atomic E-state index is 11.8. The summed E-state index contributed by atoms with van der Waals surface area (Å²) >= 11 is 0. The topological polar surface area (TPSA) is 65.0 Å². The van der Waals surface area contributed by atoms with E-state index in [1.54, 1.807) is 25.3 Å². The van der Waals surface area contributed by atoms with Crippen molar-refractivity contribution in [3.8, 4) is 5.75 Å². The molecule has 0 radical (unpaired) electrons. The van der Waals surface area contributed by atoms with Crippen LogP contribution in [-0.2, 0) is 20.7 Å². The van der Waals surface area contributed by atoms with Crippen LogP contribution in [0.4, 0.5) is 0 Å². The summed E-state index contributed by atoms with van der Waals surface area (Å²) in [4.78, 5) is 11.8. The van der Waals surface area contributed by atoms with Gasteiger partial charge in [0.15, 0.2) is 0 Å². The Morgan fingerprint density at radius 2 is 1.95 bits per heavy atom. The minimum Gasteiger partial charge on any atom is -0.500 e. The molecule has 2 unspecified atom stereocenters. The van der Waals surface area contributed by atoms with Gasteiger partial charge >= 0.3 is 5.97 Å². The Hall–Kier alpha value is -2.27. The smallest absolute Gasteiger partial charge is 0.317 e. The van der Waals surface area contributed by atoms with E-state index in [0.29, 0.717) is 17.9 Å². The van der Waals surface area contributed by atoms with E-state index in [2.05, 4.69) is 0 Å². The monoisotopic (exact) mass is 304 g/mol. The van der Waals surface area contributed by atoms with Gasteiger partial charge in [-0.15, -0.1) is 0 Å². The van der Waals surface area contributed by atoms with E-state index in [1.165, 1.54) is 14.2 Å². The number of para-hydroxylation sites is 1. The van der Waals surface area contributed by atoms with Crippen molar-refractivity contribution in [2.24, 2.45) is 5.92 Å². The van der Waals surface area contributed by atoms with E-state index < -0.39 is 17.5 Å². The SMILES string of the molecule is COC1=CC=CC(Cc2ccccc2OC)(OC)C1C(=O)O. The molecular weight excluding hydrogens is 284 g/mol. The van der Waals surface area contributed by atoms with Crippen LogP contribution in [-0.4, -0.2) is 38.0 Å². The molecular formula is C17H20O5. The number of carboxylic acids is 1. The van der Waals surface area contributed by atoms with Gasteiger partial charge in [-0.25, -0.2) is 0 Å². The summed E-state index contributed by atoms with van der Waals surface area (Å²) in [5.41, 5.74) is -0.152. The average molecular weight is 304 g/mol. The van der Waals surface area contributed by atoms with Crippen LogP contribution < -0.4 is 4.74 Å². The second kappa shape index (κ2) is 6.66. The number of ether oxygens (including phenoxy) is 3. The molecule has 0 fully saturated rings. The minimum atomic E-state index is -1.03. The molecule has 1 aromatic rings. The lowest BCUT2D eigenvalue weighted by atomic mass is 9.77. The molecule has 118 valence electrons. The highest BCUT2D eigenvalue weighted by atomic mass is 16.5. The van der Waals surface area contributed by atoms with Crippen LogP contribution in [0.3, 0.4) is 0 Å². The highest BCUT2D eigenvalue weighted by Gasteiger charge is 2.46. The van der Waals surface area contributed by atoms with Crippen LogP contribution in [0.5, 0.6) is 5.75 Å². The molecule has 1 aliphatic carbocycles. The van der Waals surface area contributed by atoms with Crippen molar-refractivity contribution in [1.82, 2.24) is 0 Å². The first-order chi connectivity index (χ1) is 10.6. The molecule has 5 heteroatoms. The number of allylic oxidation sites excluding steroid dienone is 2. The highest BCUT2D eigenvalue weighted by Crippen LogP contribution is 2.38. The summed E-state index contributed by atoms with van der Waals surface area (Å²) in [6.45, 7) is 0. The lowest BCUT2D eigenvalue weighted by Gasteiger charge is -2.37. The van der Waals surface area contributed by atoms with Gasteiger partial charge in [-0.2, -0.15) is 0 Å². The van der Waals surface area contributed by atoms with Crippen LogP contribution >= 0.6 is 0 Å². The largest absolute Gasteiger partial charge is 0.500 e. The van der Waals surface area contributed by atoms with Crippen LogP contribution in [0.2, 0.25) is 0 Å². The molecule has 1 N–H and O–H groups in total. The first kappa shape index (κ1) is 16.1. The Morgan fingerprint density at radius 1 is 1.23 bits per heavy atom. The molecule has 5 nitrogen and oxygen atoms in total. The summed E-state index contributed by atoms with van der Waals surface area (Å²) < 4.78 is 16.2. The number of carbonyl (C=O) groups is 1. The summed E-state index contributed by atoms with van der Waals surface area (Å²) in [6.07, 6.45) is 5.54. The number of hydrogen-bond acceptors (Lipinski definition) is 4. The predicted molar refractivity (Wildman–Crippen MR) is 81.8 cm³/mol. The third kappa shape index (κ3) is 2.85. The van der Waals surface area contributed by atoms with Gasteiger partial charge in [0.25, 0.3) is 0 Å². The molecule has 0 bridgehead atoms.